The van der Waals surface area contributed by atoms with Gasteiger partial charge in [-0.05, 0) is 72.9 Å². The van der Waals surface area contributed by atoms with Gasteiger partial charge in [0, 0.05) is 36.1 Å². The van der Waals surface area contributed by atoms with Crippen molar-refractivity contribution in [1.29, 1.82) is 10.5 Å². The normalized spacial score (nSPS) is 15.3. The molecule has 3 aromatic rings. The molecular formula is C28H24ClF2N3. The number of halogens is 3. The molecule has 0 amide bonds. The summed E-state index contributed by atoms with van der Waals surface area (Å²) in [7, 11) is 0. The van der Waals surface area contributed by atoms with Crippen molar-refractivity contribution >= 4 is 11.6 Å². The van der Waals surface area contributed by atoms with E-state index in [1.165, 1.54) is 26.0 Å². The van der Waals surface area contributed by atoms with Crippen LogP contribution in [0.4, 0.5) is 8.78 Å². The van der Waals surface area contributed by atoms with Gasteiger partial charge in [0.2, 0.25) is 0 Å². The lowest BCUT2D eigenvalue weighted by Crippen LogP contribution is -2.52. The zero-order valence-electron chi connectivity index (χ0n) is 19.0. The van der Waals surface area contributed by atoms with E-state index in [-0.39, 0.29) is 11.5 Å². The summed E-state index contributed by atoms with van der Waals surface area (Å²) < 4.78 is 29.4. The second-order valence-electron chi connectivity index (χ2n) is 9.34. The summed E-state index contributed by atoms with van der Waals surface area (Å²) in [5.41, 5.74) is 2.52. The SMILES string of the molecule is CC(C)(F)[C@H](c1cc(F)cc(C#N)c1)C1CN(Cc2cccc(C#N)c2-c2ccc(Cl)cc2)C1. The Hall–Kier alpha value is -3.25. The molecule has 0 N–H and O–H groups in total. The van der Waals surface area contributed by atoms with Gasteiger partial charge in [-0.25, -0.2) is 8.78 Å². The minimum Gasteiger partial charge on any atom is -0.298 e. The fourth-order valence-electron chi connectivity index (χ4n) is 5.06. The number of hydrogen-bond acceptors (Lipinski definition) is 3. The van der Waals surface area contributed by atoms with Gasteiger partial charge in [0.05, 0.1) is 23.3 Å². The second kappa shape index (κ2) is 9.55. The molecule has 34 heavy (non-hydrogen) atoms. The van der Waals surface area contributed by atoms with Crippen LogP contribution in [-0.2, 0) is 6.54 Å². The first-order valence-corrected chi connectivity index (χ1v) is 11.5. The summed E-state index contributed by atoms with van der Waals surface area (Å²) in [6.07, 6.45) is 0. The fourth-order valence-corrected chi connectivity index (χ4v) is 5.18. The van der Waals surface area contributed by atoms with E-state index in [1.54, 1.807) is 24.3 Å². The van der Waals surface area contributed by atoms with E-state index in [4.69, 9.17) is 11.6 Å². The Morgan fingerprint density at radius 3 is 2.38 bits per heavy atom. The first-order chi connectivity index (χ1) is 16.2. The molecule has 0 spiro atoms. The Kier molecular flexibility index (Phi) is 6.71. The highest BCUT2D eigenvalue weighted by Gasteiger charge is 2.43. The maximum atomic E-state index is 15.3. The lowest BCUT2D eigenvalue weighted by atomic mass is 9.72. The summed E-state index contributed by atoms with van der Waals surface area (Å²) in [6, 6.07) is 21.4. The van der Waals surface area contributed by atoms with E-state index < -0.39 is 17.4 Å². The first-order valence-electron chi connectivity index (χ1n) is 11.1. The largest absolute Gasteiger partial charge is 0.298 e. The van der Waals surface area contributed by atoms with Crippen molar-refractivity contribution in [3.8, 4) is 23.3 Å². The Morgan fingerprint density at radius 1 is 1.06 bits per heavy atom. The minimum absolute atomic E-state index is 0.0218. The van der Waals surface area contributed by atoms with Gasteiger partial charge in [-0.15, -0.1) is 0 Å². The molecule has 0 bridgehead atoms. The minimum atomic E-state index is -1.58. The van der Waals surface area contributed by atoms with Crippen LogP contribution in [0, 0.1) is 34.4 Å². The number of benzene rings is 3. The molecule has 0 unspecified atom stereocenters. The number of alkyl halides is 1. The molecule has 172 valence electrons. The van der Waals surface area contributed by atoms with Gasteiger partial charge in [-0.1, -0.05) is 35.9 Å². The zero-order chi connectivity index (χ0) is 24.5. The van der Waals surface area contributed by atoms with Gasteiger partial charge in [0.25, 0.3) is 0 Å². The number of nitriles is 2. The standard InChI is InChI=1S/C28H24ClF2N3/c1-28(2,31)27(22-10-18(13-32)11-25(30)12-22)23-16-34(17-23)15-21-5-3-4-20(14-33)26(21)19-6-8-24(29)9-7-19/h3-12,23,27H,15-17H2,1-2H3/t27-/m1/s1. The van der Waals surface area contributed by atoms with E-state index in [1.807, 2.05) is 30.3 Å². The van der Waals surface area contributed by atoms with Gasteiger partial charge >= 0.3 is 0 Å². The zero-order valence-corrected chi connectivity index (χ0v) is 19.8. The highest BCUT2D eigenvalue weighted by Crippen LogP contribution is 2.43. The van der Waals surface area contributed by atoms with Crippen molar-refractivity contribution in [2.24, 2.45) is 5.92 Å². The molecule has 1 heterocycles. The van der Waals surface area contributed by atoms with Crippen molar-refractivity contribution in [2.45, 2.75) is 32.0 Å². The molecule has 0 aliphatic carbocycles. The summed E-state index contributed by atoms with van der Waals surface area (Å²) in [5.74, 6) is -1.08. The van der Waals surface area contributed by atoms with Crippen LogP contribution >= 0.6 is 11.6 Å². The number of hydrogen-bond donors (Lipinski definition) is 0. The maximum absolute atomic E-state index is 15.3. The Balaban J connectivity index is 1.57. The van der Waals surface area contributed by atoms with Crippen molar-refractivity contribution in [1.82, 2.24) is 4.90 Å². The number of likely N-dealkylation sites (tertiary alicyclic amines) is 1. The van der Waals surface area contributed by atoms with Crippen molar-refractivity contribution in [2.75, 3.05) is 13.1 Å². The summed E-state index contributed by atoms with van der Waals surface area (Å²) in [6.45, 7) is 4.88. The molecule has 1 aliphatic rings. The molecule has 0 radical (unpaired) electrons. The highest BCUT2D eigenvalue weighted by atomic mass is 35.5. The van der Waals surface area contributed by atoms with Gasteiger partial charge in [0.15, 0.2) is 0 Å². The van der Waals surface area contributed by atoms with Crippen molar-refractivity contribution < 1.29 is 8.78 Å². The lowest BCUT2D eigenvalue weighted by molar-refractivity contribution is 0.0213. The maximum Gasteiger partial charge on any atom is 0.124 e. The topological polar surface area (TPSA) is 50.8 Å². The molecule has 1 fully saturated rings. The fraction of sp³-hybridized carbons (Fsp3) is 0.286. The Morgan fingerprint density at radius 2 is 1.76 bits per heavy atom. The molecule has 6 heteroatoms. The molecule has 0 aromatic heterocycles. The predicted molar refractivity (Wildman–Crippen MR) is 129 cm³/mol. The van der Waals surface area contributed by atoms with Crippen LogP contribution in [0.3, 0.4) is 0 Å². The number of rotatable bonds is 6. The van der Waals surface area contributed by atoms with E-state index in [2.05, 4.69) is 11.0 Å². The van der Waals surface area contributed by atoms with Crippen LogP contribution in [0.1, 0.15) is 42.0 Å². The Bertz CT molecular complexity index is 1280. The molecule has 1 aliphatic heterocycles. The van der Waals surface area contributed by atoms with E-state index in [9.17, 15) is 14.9 Å². The molecular weight excluding hydrogens is 452 g/mol. The molecule has 3 aromatic carbocycles. The smallest absolute Gasteiger partial charge is 0.124 e. The molecule has 0 saturated carbocycles. The first kappa shape index (κ1) is 23.9. The van der Waals surface area contributed by atoms with E-state index in [0.717, 1.165) is 16.7 Å². The van der Waals surface area contributed by atoms with Gasteiger partial charge < -0.3 is 0 Å². The average molecular weight is 476 g/mol. The Labute approximate surface area is 203 Å². The van der Waals surface area contributed by atoms with Crippen LogP contribution in [-0.4, -0.2) is 23.7 Å². The third-order valence-corrected chi connectivity index (χ3v) is 6.65. The van der Waals surface area contributed by atoms with Crippen LogP contribution in [0.5, 0.6) is 0 Å². The summed E-state index contributed by atoms with van der Waals surface area (Å²) in [5, 5.41) is 19.5. The monoisotopic (exact) mass is 475 g/mol. The second-order valence-corrected chi connectivity index (χ2v) is 9.78. The van der Waals surface area contributed by atoms with Crippen LogP contribution in [0.2, 0.25) is 5.02 Å². The molecule has 1 atom stereocenters. The highest BCUT2D eigenvalue weighted by molar-refractivity contribution is 6.30. The van der Waals surface area contributed by atoms with E-state index in [0.29, 0.717) is 35.8 Å². The van der Waals surface area contributed by atoms with Gasteiger partial charge in [-0.2, -0.15) is 10.5 Å². The third-order valence-electron chi connectivity index (χ3n) is 6.40. The molecule has 1 saturated heterocycles. The lowest BCUT2D eigenvalue weighted by Gasteiger charge is -2.47. The molecule has 4 rings (SSSR count). The summed E-state index contributed by atoms with van der Waals surface area (Å²) >= 11 is 6.05. The van der Waals surface area contributed by atoms with Gasteiger partial charge in [0.1, 0.15) is 11.5 Å². The molecule has 3 nitrogen and oxygen atoms in total. The van der Waals surface area contributed by atoms with Gasteiger partial charge in [-0.3, -0.25) is 4.90 Å². The quantitative estimate of drug-likeness (QED) is 0.391. The third kappa shape index (κ3) is 4.97. The van der Waals surface area contributed by atoms with Crippen LogP contribution < -0.4 is 0 Å². The number of nitrogens with zero attached hydrogens (tertiary/aromatic N) is 3. The average Bonchev–Trinajstić information content (AvgIpc) is 2.76. The summed E-state index contributed by atoms with van der Waals surface area (Å²) in [4.78, 5) is 2.20. The van der Waals surface area contributed by atoms with Crippen LogP contribution in [0.25, 0.3) is 11.1 Å². The van der Waals surface area contributed by atoms with E-state index >= 15 is 4.39 Å². The predicted octanol–water partition coefficient (Wildman–Crippen LogP) is 6.85. The van der Waals surface area contributed by atoms with Crippen molar-refractivity contribution in [3.05, 3.63) is 93.8 Å². The van der Waals surface area contributed by atoms with Crippen LogP contribution in [0.15, 0.2) is 60.7 Å². The van der Waals surface area contributed by atoms with Crippen molar-refractivity contribution in [3.63, 3.8) is 0 Å².